The van der Waals surface area contributed by atoms with Gasteiger partial charge in [0.15, 0.2) is 23.0 Å². The van der Waals surface area contributed by atoms with Crippen molar-refractivity contribution in [2.45, 2.75) is 70.1 Å². The molecule has 4 aliphatic rings. The summed E-state index contributed by atoms with van der Waals surface area (Å²) < 4.78 is 23.0. The fourth-order valence-corrected chi connectivity index (χ4v) is 7.66. The number of Topliss-reactive ketones (excluding diaryl/α,β-unsaturated/α-hetero) is 4. The van der Waals surface area contributed by atoms with E-state index >= 15 is 0 Å². The van der Waals surface area contributed by atoms with E-state index in [1.54, 1.807) is 13.8 Å². The second kappa shape index (κ2) is 9.75. The van der Waals surface area contributed by atoms with E-state index in [4.69, 9.17) is 18.9 Å². The molecule has 0 spiro atoms. The zero-order chi connectivity index (χ0) is 32.2. The number of rotatable bonds is 3. The highest BCUT2D eigenvalue weighted by Gasteiger charge is 2.62. The largest absolute Gasteiger partial charge is 0.506 e. The molecule has 0 aromatic heterocycles. The minimum Gasteiger partial charge on any atom is -0.506 e. The summed E-state index contributed by atoms with van der Waals surface area (Å²) in [5.74, 6) is -7.36. The summed E-state index contributed by atoms with van der Waals surface area (Å²) in [4.78, 5) is 54.0. The zero-order valence-corrected chi connectivity index (χ0v) is 25.1. The van der Waals surface area contributed by atoms with E-state index in [1.165, 1.54) is 40.2 Å². The van der Waals surface area contributed by atoms with Crippen LogP contribution in [0.5, 0.6) is 28.7 Å². The summed E-state index contributed by atoms with van der Waals surface area (Å²) in [6, 6.07) is 2.74. The van der Waals surface area contributed by atoms with Crippen molar-refractivity contribution < 1.29 is 58.6 Å². The van der Waals surface area contributed by atoms with Crippen molar-refractivity contribution in [2.75, 3.05) is 14.2 Å². The van der Waals surface area contributed by atoms with Gasteiger partial charge in [-0.15, -0.1) is 0 Å². The van der Waals surface area contributed by atoms with E-state index in [2.05, 4.69) is 0 Å². The number of fused-ring (bicyclic) bond motifs is 4. The first kappa shape index (κ1) is 30.0. The highest BCUT2D eigenvalue weighted by atomic mass is 16.5. The maximum Gasteiger partial charge on any atom is 0.184 e. The normalized spacial score (nSPS) is 34.3. The van der Waals surface area contributed by atoms with Gasteiger partial charge in [-0.25, -0.2) is 0 Å². The van der Waals surface area contributed by atoms with E-state index < -0.39 is 81.9 Å². The lowest BCUT2D eigenvalue weighted by Gasteiger charge is -2.49. The van der Waals surface area contributed by atoms with Crippen molar-refractivity contribution in [3.8, 4) is 39.9 Å². The Labute approximate surface area is 252 Å². The summed E-state index contributed by atoms with van der Waals surface area (Å²) in [6.45, 7) is 6.16. The predicted octanol–water partition coefficient (Wildman–Crippen LogP) is 2.30. The number of phenolic OH excluding ortho intramolecular Hbond substituents is 2. The number of aryl methyl sites for hydroxylation is 1. The van der Waals surface area contributed by atoms with Gasteiger partial charge in [0.05, 0.1) is 24.9 Å². The second-order valence-electron chi connectivity index (χ2n) is 12.6. The topological polar surface area (TPSA) is 186 Å². The number of ether oxygens (including phenoxy) is 4. The molecule has 4 N–H and O–H groups in total. The van der Waals surface area contributed by atoms with E-state index in [-0.39, 0.29) is 57.9 Å². The first-order chi connectivity index (χ1) is 20.6. The molecule has 0 radical (unpaired) electrons. The fraction of sp³-hybridized carbons (Fsp3) is 0.500. The summed E-state index contributed by atoms with van der Waals surface area (Å²) in [5.41, 5.74) is -3.87. The molecule has 2 saturated carbocycles. The van der Waals surface area contributed by atoms with Crippen LogP contribution in [0.2, 0.25) is 0 Å². The molecule has 12 heteroatoms. The molecule has 0 saturated heterocycles. The first-order valence-corrected chi connectivity index (χ1v) is 14.3. The van der Waals surface area contributed by atoms with Crippen LogP contribution in [0.1, 0.15) is 59.9 Å². The number of hydrogen-bond acceptors (Lipinski definition) is 12. The molecule has 44 heavy (non-hydrogen) atoms. The Morgan fingerprint density at radius 2 is 1.27 bits per heavy atom. The van der Waals surface area contributed by atoms with Gasteiger partial charge in [0, 0.05) is 31.6 Å². The number of phenols is 2. The lowest BCUT2D eigenvalue weighted by molar-refractivity contribution is -0.171. The number of benzene rings is 2. The van der Waals surface area contributed by atoms with Gasteiger partial charge in [-0.1, -0.05) is 6.92 Å². The van der Waals surface area contributed by atoms with Gasteiger partial charge >= 0.3 is 0 Å². The Hall–Kier alpha value is -4.00. The molecule has 0 bridgehead atoms. The van der Waals surface area contributed by atoms with E-state index in [1.807, 2.05) is 0 Å². The average molecular weight is 611 g/mol. The van der Waals surface area contributed by atoms with Crippen LogP contribution in [0, 0.1) is 24.7 Å². The number of carbonyl (C=O) groups excluding carboxylic acids is 4. The van der Waals surface area contributed by atoms with Crippen LogP contribution < -0.4 is 14.2 Å². The quantitative estimate of drug-likeness (QED) is 0.372. The molecule has 2 aliphatic heterocycles. The molecule has 0 amide bonds. The summed E-state index contributed by atoms with van der Waals surface area (Å²) in [7, 11) is 2.63. The monoisotopic (exact) mass is 610 g/mol. The Bertz CT molecular complexity index is 1660. The molecule has 2 aliphatic carbocycles. The van der Waals surface area contributed by atoms with E-state index in [0.717, 1.165) is 0 Å². The van der Waals surface area contributed by atoms with Gasteiger partial charge in [-0.3, -0.25) is 19.2 Å². The van der Waals surface area contributed by atoms with Gasteiger partial charge in [-0.05, 0) is 38.3 Å². The lowest BCUT2D eigenvalue weighted by atomic mass is 9.65. The highest BCUT2D eigenvalue weighted by molar-refractivity contribution is 6.19. The number of aromatic hydroxyl groups is 2. The number of hydrogen-bond donors (Lipinski definition) is 4. The van der Waals surface area contributed by atoms with Crippen LogP contribution in [0.4, 0.5) is 0 Å². The predicted molar refractivity (Wildman–Crippen MR) is 151 cm³/mol. The number of aliphatic hydroxyl groups is 2. The van der Waals surface area contributed by atoms with Crippen molar-refractivity contribution in [2.24, 2.45) is 17.8 Å². The minimum absolute atomic E-state index is 0.0414. The minimum atomic E-state index is -1.67. The van der Waals surface area contributed by atoms with Crippen LogP contribution >= 0.6 is 0 Å². The SMILES string of the molecule is COc1cc2c(c(O)c1-c1c(C)cc3c(c1O)C(=O)C1C(=O)CC(OC)C(O)C1(C)O3)C(=O)C1C(=O)CC(C)C(O)C1(C)O2. The third kappa shape index (κ3) is 3.74. The maximum absolute atomic E-state index is 13.9. The Morgan fingerprint density at radius 1 is 0.773 bits per heavy atom. The average Bonchev–Trinajstić information content (AvgIpc) is 2.93. The van der Waals surface area contributed by atoms with Gasteiger partial charge in [-0.2, -0.15) is 0 Å². The zero-order valence-electron chi connectivity index (χ0n) is 25.1. The number of ketones is 4. The smallest absolute Gasteiger partial charge is 0.184 e. The summed E-state index contributed by atoms with van der Waals surface area (Å²) in [6.07, 6.45) is -3.68. The molecule has 2 aromatic carbocycles. The Balaban J connectivity index is 1.54. The molecular formula is C32H34O12. The van der Waals surface area contributed by atoms with E-state index in [9.17, 15) is 39.6 Å². The van der Waals surface area contributed by atoms with Gasteiger partial charge in [0.25, 0.3) is 0 Å². The second-order valence-corrected chi connectivity index (χ2v) is 12.6. The van der Waals surface area contributed by atoms with E-state index in [0.29, 0.717) is 0 Å². The van der Waals surface area contributed by atoms with Gasteiger partial charge in [0.2, 0.25) is 0 Å². The molecule has 2 heterocycles. The molecule has 2 fully saturated rings. The molecule has 234 valence electrons. The van der Waals surface area contributed by atoms with Crippen LogP contribution in [0.3, 0.4) is 0 Å². The van der Waals surface area contributed by atoms with Crippen LogP contribution in [-0.4, -0.2) is 87.3 Å². The Morgan fingerprint density at radius 3 is 1.82 bits per heavy atom. The number of aliphatic hydroxyl groups excluding tert-OH is 2. The van der Waals surface area contributed by atoms with Crippen molar-refractivity contribution in [1.29, 1.82) is 0 Å². The lowest BCUT2D eigenvalue weighted by Crippen LogP contribution is -2.66. The number of carbonyl (C=O) groups is 4. The standard InChI is InChI=1S/C32H34O12/c1-11-8-16-21(27(37)24-14(34)9-18(42-6)30(40)32(24,4)43-16)25(35)19(11)20-15(41-5)10-17-22(26(20)36)28(38)23-13(33)7-12(2)29(39)31(23,3)44-17/h8,10,12,18,23-24,29-30,35-36,39-40H,7,9H2,1-6H3. The Kier molecular flexibility index (Phi) is 6.66. The van der Waals surface area contributed by atoms with Crippen LogP contribution in [0.25, 0.3) is 11.1 Å². The van der Waals surface area contributed by atoms with Gasteiger partial charge in [0.1, 0.15) is 69.2 Å². The third-order valence-electron chi connectivity index (χ3n) is 9.92. The molecule has 8 atom stereocenters. The third-order valence-corrected chi connectivity index (χ3v) is 9.92. The summed E-state index contributed by atoms with van der Waals surface area (Å²) in [5, 5.41) is 45.2. The van der Waals surface area contributed by atoms with Crippen molar-refractivity contribution in [3.05, 3.63) is 28.8 Å². The molecule has 2 aromatic rings. The van der Waals surface area contributed by atoms with Crippen molar-refractivity contribution >= 4 is 23.1 Å². The summed E-state index contributed by atoms with van der Waals surface area (Å²) >= 11 is 0. The maximum atomic E-state index is 13.9. The number of methoxy groups -OCH3 is 2. The molecule has 12 nitrogen and oxygen atoms in total. The fourth-order valence-electron chi connectivity index (χ4n) is 7.66. The van der Waals surface area contributed by atoms with Crippen molar-refractivity contribution in [1.82, 2.24) is 0 Å². The first-order valence-electron chi connectivity index (χ1n) is 14.3. The molecular weight excluding hydrogens is 576 g/mol. The molecule has 8 unspecified atom stereocenters. The van der Waals surface area contributed by atoms with Crippen LogP contribution in [-0.2, 0) is 14.3 Å². The van der Waals surface area contributed by atoms with Crippen LogP contribution in [0.15, 0.2) is 12.1 Å². The van der Waals surface area contributed by atoms with Crippen molar-refractivity contribution in [3.63, 3.8) is 0 Å². The highest BCUT2D eigenvalue weighted by Crippen LogP contribution is 2.57. The molecule has 6 rings (SSSR count). The van der Waals surface area contributed by atoms with Gasteiger partial charge < -0.3 is 39.4 Å².